The summed E-state index contributed by atoms with van der Waals surface area (Å²) in [5.74, 6) is 0.715. The van der Waals surface area contributed by atoms with Crippen molar-refractivity contribution in [2.45, 2.75) is 33.1 Å². The van der Waals surface area contributed by atoms with Crippen molar-refractivity contribution in [2.24, 2.45) is 5.92 Å². The number of carbonyl (C=O) groups is 1. The number of rotatable bonds is 2. The molecule has 0 spiro atoms. The van der Waals surface area contributed by atoms with Gasteiger partial charge in [0.2, 0.25) is 0 Å². The van der Waals surface area contributed by atoms with Gasteiger partial charge in [-0.2, -0.15) is 0 Å². The summed E-state index contributed by atoms with van der Waals surface area (Å²) < 4.78 is 0. The second kappa shape index (κ2) is 5.85. The van der Waals surface area contributed by atoms with E-state index in [0.29, 0.717) is 11.0 Å². The zero-order chi connectivity index (χ0) is 14.8. The predicted octanol–water partition coefficient (Wildman–Crippen LogP) is 4.22. The molecular weight excluding hydrogens is 282 g/mol. The third kappa shape index (κ3) is 3.42. The number of nitrogens with zero attached hydrogens (tertiary/aromatic N) is 1. The zero-order valence-electron chi connectivity index (χ0n) is 12.3. The minimum Gasteiger partial charge on any atom is -0.308 e. The Morgan fingerprint density at radius 3 is 2.81 bits per heavy atom. The van der Waals surface area contributed by atoms with Crippen molar-refractivity contribution in [3.63, 3.8) is 0 Å². The molecule has 0 fully saturated rings. The number of thiazole rings is 1. The van der Waals surface area contributed by atoms with E-state index in [1.54, 1.807) is 11.3 Å². The van der Waals surface area contributed by atoms with E-state index in [4.69, 9.17) is 0 Å². The monoisotopic (exact) mass is 301 g/mol. The maximum atomic E-state index is 12.0. The Kier molecular flexibility index (Phi) is 3.92. The molecule has 1 heterocycles. The molecule has 0 bridgehead atoms. The fourth-order valence-corrected chi connectivity index (χ4v) is 3.66. The lowest BCUT2D eigenvalue weighted by atomic mass is 9.93. The van der Waals surface area contributed by atoms with Crippen molar-refractivity contribution in [1.29, 1.82) is 0 Å². The fourth-order valence-electron chi connectivity index (χ4n) is 2.49. The normalized spacial score (nSPS) is 17.1. The van der Waals surface area contributed by atoms with Gasteiger partial charge in [0.05, 0.1) is 5.69 Å². The van der Waals surface area contributed by atoms with Crippen molar-refractivity contribution in [1.82, 2.24) is 4.98 Å². The molecule has 0 saturated heterocycles. The van der Waals surface area contributed by atoms with Crippen LogP contribution in [0.3, 0.4) is 0 Å². The van der Waals surface area contributed by atoms with Gasteiger partial charge in [-0.1, -0.05) is 24.6 Å². The summed E-state index contributed by atoms with van der Waals surface area (Å²) in [4.78, 5) is 17.8. The first kappa shape index (κ1) is 14.1. The molecule has 1 atom stereocenters. The van der Waals surface area contributed by atoms with E-state index in [9.17, 15) is 4.79 Å². The summed E-state index contributed by atoms with van der Waals surface area (Å²) in [6.45, 7) is 4.28. The van der Waals surface area contributed by atoms with Gasteiger partial charge in [0, 0.05) is 10.6 Å². The van der Waals surface area contributed by atoms with Crippen LogP contribution in [0.15, 0.2) is 24.3 Å². The molecule has 1 aliphatic rings. The number of amides is 2. The van der Waals surface area contributed by atoms with Crippen LogP contribution < -0.4 is 10.6 Å². The van der Waals surface area contributed by atoms with E-state index in [0.717, 1.165) is 24.2 Å². The molecule has 21 heavy (non-hydrogen) atoms. The minimum atomic E-state index is -0.238. The maximum absolute atomic E-state index is 12.0. The number of fused-ring (bicyclic) bond motifs is 1. The average molecular weight is 301 g/mol. The highest BCUT2D eigenvalue weighted by Crippen LogP contribution is 2.32. The van der Waals surface area contributed by atoms with Crippen molar-refractivity contribution < 1.29 is 4.79 Å². The van der Waals surface area contributed by atoms with Crippen LogP contribution in [0.4, 0.5) is 15.6 Å². The summed E-state index contributed by atoms with van der Waals surface area (Å²) in [6.07, 6.45) is 3.29. The lowest BCUT2D eigenvalue weighted by molar-refractivity contribution is 0.262. The van der Waals surface area contributed by atoms with E-state index in [2.05, 4.69) is 22.5 Å². The zero-order valence-corrected chi connectivity index (χ0v) is 13.1. The molecule has 3 rings (SSSR count). The number of anilines is 2. The van der Waals surface area contributed by atoms with E-state index in [1.165, 1.54) is 16.9 Å². The van der Waals surface area contributed by atoms with Crippen LogP contribution in [0.2, 0.25) is 0 Å². The molecule has 1 aromatic heterocycles. The maximum Gasteiger partial charge on any atom is 0.325 e. The van der Waals surface area contributed by atoms with Crippen LogP contribution in [-0.4, -0.2) is 11.0 Å². The van der Waals surface area contributed by atoms with Crippen LogP contribution in [-0.2, 0) is 12.8 Å². The molecule has 1 aromatic carbocycles. The molecule has 4 nitrogen and oxygen atoms in total. The first-order valence-electron chi connectivity index (χ1n) is 7.23. The SMILES string of the molecule is Cc1ccc(NC(=O)Nc2nc3c(s2)C[C@H](C)CC3)cc1. The molecule has 0 aliphatic heterocycles. The Balaban J connectivity index is 1.64. The van der Waals surface area contributed by atoms with E-state index in [1.807, 2.05) is 31.2 Å². The molecule has 1 aliphatic carbocycles. The Morgan fingerprint density at radius 1 is 1.29 bits per heavy atom. The predicted molar refractivity (Wildman–Crippen MR) is 87.1 cm³/mol. The van der Waals surface area contributed by atoms with E-state index >= 15 is 0 Å². The lowest BCUT2D eigenvalue weighted by Crippen LogP contribution is -2.19. The Bertz CT molecular complexity index is 648. The van der Waals surface area contributed by atoms with Gasteiger partial charge in [0.25, 0.3) is 0 Å². The molecule has 2 N–H and O–H groups in total. The van der Waals surface area contributed by atoms with Gasteiger partial charge in [0.1, 0.15) is 0 Å². The van der Waals surface area contributed by atoms with Gasteiger partial charge in [-0.3, -0.25) is 5.32 Å². The summed E-state index contributed by atoms with van der Waals surface area (Å²) in [5.41, 5.74) is 3.11. The molecule has 5 heteroatoms. The number of urea groups is 1. The van der Waals surface area contributed by atoms with Gasteiger partial charge in [-0.25, -0.2) is 9.78 Å². The Labute approximate surface area is 128 Å². The summed E-state index contributed by atoms with van der Waals surface area (Å²) >= 11 is 1.60. The number of hydrogen-bond donors (Lipinski definition) is 2. The van der Waals surface area contributed by atoms with Gasteiger partial charge in [-0.05, 0) is 44.2 Å². The van der Waals surface area contributed by atoms with Crippen LogP contribution >= 0.6 is 11.3 Å². The topological polar surface area (TPSA) is 54.0 Å². The molecule has 0 saturated carbocycles. The second-order valence-electron chi connectivity index (χ2n) is 5.68. The molecule has 0 unspecified atom stereocenters. The first-order chi connectivity index (χ1) is 10.1. The number of aromatic nitrogens is 1. The number of carbonyl (C=O) groups excluding carboxylic acids is 1. The van der Waals surface area contributed by atoms with Crippen LogP contribution in [0.1, 0.15) is 29.5 Å². The highest BCUT2D eigenvalue weighted by Gasteiger charge is 2.20. The first-order valence-corrected chi connectivity index (χ1v) is 8.05. The van der Waals surface area contributed by atoms with Crippen LogP contribution in [0, 0.1) is 12.8 Å². The summed E-state index contributed by atoms with van der Waals surface area (Å²) in [6, 6.07) is 7.49. The second-order valence-corrected chi connectivity index (χ2v) is 6.77. The van der Waals surface area contributed by atoms with Gasteiger partial charge in [0.15, 0.2) is 5.13 Å². The molecular formula is C16H19N3OS. The smallest absolute Gasteiger partial charge is 0.308 e. The lowest BCUT2D eigenvalue weighted by Gasteiger charge is -2.15. The molecule has 110 valence electrons. The minimum absolute atomic E-state index is 0.238. The van der Waals surface area contributed by atoms with Crippen LogP contribution in [0.5, 0.6) is 0 Å². The number of aryl methyl sites for hydroxylation is 2. The van der Waals surface area contributed by atoms with Gasteiger partial charge >= 0.3 is 6.03 Å². The van der Waals surface area contributed by atoms with Crippen molar-refractivity contribution in [2.75, 3.05) is 10.6 Å². The average Bonchev–Trinajstić information content (AvgIpc) is 2.82. The van der Waals surface area contributed by atoms with Crippen molar-refractivity contribution >= 4 is 28.2 Å². The Morgan fingerprint density at radius 2 is 2.05 bits per heavy atom. The number of benzene rings is 1. The standard InChI is InChI=1S/C16H19N3OS/c1-10-3-6-12(7-4-10)17-15(20)19-16-18-13-8-5-11(2)9-14(13)21-16/h3-4,6-7,11H,5,8-9H2,1-2H3,(H2,17,18,19,20)/t11-/m1/s1. The molecule has 2 aromatic rings. The number of nitrogens with one attached hydrogen (secondary N) is 2. The number of hydrogen-bond acceptors (Lipinski definition) is 3. The van der Waals surface area contributed by atoms with Crippen molar-refractivity contribution in [3.8, 4) is 0 Å². The molecule has 2 amide bonds. The molecule has 0 radical (unpaired) electrons. The fraction of sp³-hybridized carbons (Fsp3) is 0.375. The Hall–Kier alpha value is -1.88. The van der Waals surface area contributed by atoms with Crippen LogP contribution in [0.25, 0.3) is 0 Å². The van der Waals surface area contributed by atoms with Crippen molar-refractivity contribution in [3.05, 3.63) is 40.4 Å². The quantitative estimate of drug-likeness (QED) is 0.872. The third-order valence-corrected chi connectivity index (χ3v) is 4.75. The summed E-state index contributed by atoms with van der Waals surface area (Å²) in [5, 5.41) is 6.35. The van der Waals surface area contributed by atoms with Gasteiger partial charge in [-0.15, -0.1) is 11.3 Å². The largest absolute Gasteiger partial charge is 0.325 e. The summed E-state index contributed by atoms with van der Waals surface area (Å²) in [7, 11) is 0. The third-order valence-electron chi connectivity index (χ3n) is 3.72. The highest BCUT2D eigenvalue weighted by molar-refractivity contribution is 7.15. The van der Waals surface area contributed by atoms with E-state index in [-0.39, 0.29) is 6.03 Å². The van der Waals surface area contributed by atoms with E-state index < -0.39 is 0 Å². The van der Waals surface area contributed by atoms with Gasteiger partial charge < -0.3 is 5.32 Å². The highest BCUT2D eigenvalue weighted by atomic mass is 32.1.